The number of hydrogen-bond acceptors (Lipinski definition) is 5. The van der Waals surface area contributed by atoms with Gasteiger partial charge in [-0.25, -0.2) is 4.79 Å². The minimum atomic E-state index is -0.757. The van der Waals surface area contributed by atoms with Crippen LogP contribution < -0.4 is 5.32 Å². The number of rotatable bonds is 6. The topological polar surface area (TPSA) is 82.2 Å². The van der Waals surface area contributed by atoms with Gasteiger partial charge in [-0.3, -0.25) is 14.5 Å². The molecule has 2 heterocycles. The zero-order valence-electron chi connectivity index (χ0n) is 19.9. The van der Waals surface area contributed by atoms with Crippen molar-refractivity contribution in [2.45, 2.75) is 32.5 Å². The molecule has 180 valence electrons. The number of likely N-dealkylation sites (N-methyl/N-ethyl adjacent to an activating group) is 1. The number of carbonyl (C=O) groups excluding carboxylic acids is 3. The number of cyclic esters (lactones) is 1. The Balaban J connectivity index is 1.60. The number of ether oxygens (including phenoxy) is 1. The fraction of sp³-hybridized carbons (Fsp3) is 0.423. The third-order valence-corrected chi connectivity index (χ3v) is 6.38. The summed E-state index contributed by atoms with van der Waals surface area (Å²) in [4.78, 5) is 44.2. The molecule has 0 radical (unpaired) electrons. The van der Waals surface area contributed by atoms with Crippen LogP contribution in [0.2, 0.25) is 0 Å². The number of benzene rings is 2. The van der Waals surface area contributed by atoms with E-state index >= 15 is 0 Å². The summed E-state index contributed by atoms with van der Waals surface area (Å²) >= 11 is 0. The summed E-state index contributed by atoms with van der Waals surface area (Å²) < 4.78 is 5.78. The molecular formula is C26H32N4O4. The van der Waals surface area contributed by atoms with Crippen molar-refractivity contribution >= 4 is 23.6 Å². The van der Waals surface area contributed by atoms with Crippen LogP contribution in [0.15, 0.2) is 54.6 Å². The van der Waals surface area contributed by atoms with E-state index in [9.17, 15) is 14.4 Å². The molecule has 8 nitrogen and oxygen atoms in total. The van der Waals surface area contributed by atoms with Crippen LogP contribution in [0, 0.1) is 5.92 Å². The summed E-state index contributed by atoms with van der Waals surface area (Å²) in [5.41, 5.74) is 2.32. The summed E-state index contributed by atoms with van der Waals surface area (Å²) in [6, 6.07) is 16.0. The monoisotopic (exact) mass is 464 g/mol. The molecule has 4 rings (SSSR count). The molecule has 2 saturated heterocycles. The van der Waals surface area contributed by atoms with Crippen molar-refractivity contribution in [1.29, 1.82) is 0 Å². The molecule has 0 aromatic heterocycles. The number of carbonyl (C=O) groups is 3. The van der Waals surface area contributed by atoms with Crippen molar-refractivity contribution in [2.75, 3.05) is 38.5 Å². The van der Waals surface area contributed by atoms with Crippen molar-refractivity contribution in [3.05, 3.63) is 65.7 Å². The van der Waals surface area contributed by atoms with Crippen LogP contribution in [0.1, 0.15) is 31.1 Å². The lowest BCUT2D eigenvalue weighted by Crippen LogP contribution is -2.54. The predicted octanol–water partition coefficient (Wildman–Crippen LogP) is 3.12. The maximum absolute atomic E-state index is 13.7. The fourth-order valence-electron chi connectivity index (χ4n) is 4.23. The third-order valence-electron chi connectivity index (χ3n) is 6.38. The molecule has 34 heavy (non-hydrogen) atoms. The summed E-state index contributed by atoms with van der Waals surface area (Å²) in [6.07, 6.45) is -1.23. The highest BCUT2D eigenvalue weighted by Gasteiger charge is 2.48. The van der Waals surface area contributed by atoms with Crippen molar-refractivity contribution in [1.82, 2.24) is 14.7 Å². The number of nitrogens with zero attached hydrogens (tertiary/aromatic N) is 3. The van der Waals surface area contributed by atoms with E-state index in [-0.39, 0.29) is 17.7 Å². The normalized spacial score (nSPS) is 21.0. The Morgan fingerprint density at radius 3 is 2.26 bits per heavy atom. The SMILES string of the molecule is CC(C)C(=O)Nc1ccc(C2OC(=O)N(Cc3ccccc3)C2C(=O)N2CCN(C)CC2)cc1. The van der Waals surface area contributed by atoms with Crippen LogP contribution in [-0.4, -0.2) is 71.9 Å². The second kappa shape index (κ2) is 10.3. The van der Waals surface area contributed by atoms with Crippen LogP contribution in [0.25, 0.3) is 0 Å². The van der Waals surface area contributed by atoms with E-state index in [1.807, 2.05) is 68.3 Å². The van der Waals surface area contributed by atoms with Crippen LogP contribution in [-0.2, 0) is 20.9 Å². The largest absolute Gasteiger partial charge is 0.438 e. The van der Waals surface area contributed by atoms with Gasteiger partial charge in [0, 0.05) is 37.8 Å². The van der Waals surface area contributed by atoms with Gasteiger partial charge in [0.1, 0.15) is 0 Å². The molecule has 3 amide bonds. The minimum absolute atomic E-state index is 0.0720. The molecule has 2 fully saturated rings. The molecule has 0 bridgehead atoms. The number of piperazine rings is 1. The van der Waals surface area contributed by atoms with E-state index < -0.39 is 18.2 Å². The van der Waals surface area contributed by atoms with Gasteiger partial charge in [0.15, 0.2) is 12.1 Å². The molecule has 2 aromatic rings. The average Bonchev–Trinajstić information content (AvgIpc) is 3.16. The molecular weight excluding hydrogens is 432 g/mol. The summed E-state index contributed by atoms with van der Waals surface area (Å²) in [5.74, 6) is -0.304. The smallest absolute Gasteiger partial charge is 0.411 e. The van der Waals surface area contributed by atoms with Crippen LogP contribution in [0.5, 0.6) is 0 Å². The van der Waals surface area contributed by atoms with Crippen LogP contribution >= 0.6 is 0 Å². The Morgan fingerprint density at radius 1 is 1.00 bits per heavy atom. The first-order chi connectivity index (χ1) is 16.3. The standard InChI is InChI=1S/C26H32N4O4/c1-18(2)24(31)27-21-11-9-20(10-12-21)23-22(25(32)29-15-13-28(3)14-16-29)30(26(33)34-23)17-19-7-5-4-6-8-19/h4-12,18,22-23H,13-17H2,1-3H3,(H,27,31). The number of hydrogen-bond donors (Lipinski definition) is 1. The minimum Gasteiger partial charge on any atom is -0.438 e. The predicted molar refractivity (Wildman–Crippen MR) is 129 cm³/mol. The maximum atomic E-state index is 13.7. The van der Waals surface area contributed by atoms with Crippen molar-refractivity contribution < 1.29 is 19.1 Å². The highest BCUT2D eigenvalue weighted by molar-refractivity contribution is 5.92. The van der Waals surface area contributed by atoms with Crippen molar-refractivity contribution in [3.63, 3.8) is 0 Å². The van der Waals surface area contributed by atoms with Gasteiger partial charge in [-0.2, -0.15) is 0 Å². The lowest BCUT2D eigenvalue weighted by atomic mass is 9.99. The summed E-state index contributed by atoms with van der Waals surface area (Å²) in [7, 11) is 2.04. The van der Waals surface area contributed by atoms with Gasteiger partial charge < -0.3 is 19.9 Å². The number of anilines is 1. The molecule has 2 aliphatic rings. The Kier molecular flexibility index (Phi) is 7.17. The molecule has 0 aliphatic carbocycles. The fourth-order valence-corrected chi connectivity index (χ4v) is 4.23. The van der Waals surface area contributed by atoms with E-state index in [0.717, 1.165) is 24.2 Å². The Hall–Kier alpha value is -3.39. The maximum Gasteiger partial charge on any atom is 0.411 e. The van der Waals surface area contributed by atoms with Gasteiger partial charge in [-0.15, -0.1) is 0 Å². The molecule has 2 aliphatic heterocycles. The van der Waals surface area contributed by atoms with Gasteiger partial charge >= 0.3 is 6.09 Å². The summed E-state index contributed by atoms with van der Waals surface area (Å²) in [5, 5.41) is 2.86. The first-order valence-electron chi connectivity index (χ1n) is 11.7. The molecule has 0 spiro atoms. The molecule has 0 saturated carbocycles. The van der Waals surface area contributed by atoms with Gasteiger partial charge in [-0.05, 0) is 30.3 Å². The van der Waals surface area contributed by atoms with Gasteiger partial charge in [0.25, 0.3) is 0 Å². The highest BCUT2D eigenvalue weighted by atomic mass is 16.6. The second-order valence-electron chi connectivity index (χ2n) is 9.26. The van der Waals surface area contributed by atoms with E-state index in [1.54, 1.807) is 12.1 Å². The molecule has 1 N–H and O–H groups in total. The zero-order chi connectivity index (χ0) is 24.2. The molecule has 8 heteroatoms. The number of nitrogens with one attached hydrogen (secondary N) is 1. The Morgan fingerprint density at radius 2 is 1.65 bits per heavy atom. The molecule has 2 aromatic carbocycles. The summed E-state index contributed by atoms with van der Waals surface area (Å²) in [6.45, 7) is 6.78. The average molecular weight is 465 g/mol. The second-order valence-corrected chi connectivity index (χ2v) is 9.26. The first-order valence-corrected chi connectivity index (χ1v) is 11.7. The number of amides is 3. The lowest BCUT2D eigenvalue weighted by Gasteiger charge is -2.36. The molecule has 2 unspecified atom stereocenters. The lowest BCUT2D eigenvalue weighted by molar-refractivity contribution is -0.138. The quantitative estimate of drug-likeness (QED) is 0.710. The van der Waals surface area contributed by atoms with E-state index in [4.69, 9.17) is 4.74 Å². The van der Waals surface area contributed by atoms with Gasteiger partial charge in [0.2, 0.25) is 11.8 Å². The van der Waals surface area contributed by atoms with Crippen molar-refractivity contribution in [3.8, 4) is 0 Å². The van der Waals surface area contributed by atoms with E-state index in [1.165, 1.54) is 4.90 Å². The first kappa shape index (κ1) is 23.8. The highest BCUT2D eigenvalue weighted by Crippen LogP contribution is 2.35. The zero-order valence-corrected chi connectivity index (χ0v) is 19.9. The third kappa shape index (κ3) is 5.22. The van der Waals surface area contributed by atoms with E-state index in [0.29, 0.717) is 25.3 Å². The Bertz CT molecular complexity index is 1020. The van der Waals surface area contributed by atoms with Crippen LogP contribution in [0.3, 0.4) is 0 Å². The van der Waals surface area contributed by atoms with Gasteiger partial charge in [0.05, 0.1) is 6.54 Å². The van der Waals surface area contributed by atoms with E-state index in [2.05, 4.69) is 10.2 Å². The van der Waals surface area contributed by atoms with Crippen LogP contribution in [0.4, 0.5) is 10.5 Å². The van der Waals surface area contributed by atoms with Gasteiger partial charge in [-0.1, -0.05) is 56.3 Å². The molecule has 2 atom stereocenters. The Labute approximate surface area is 200 Å². The van der Waals surface area contributed by atoms with Crippen molar-refractivity contribution in [2.24, 2.45) is 5.92 Å².